The number of aliphatic hydroxyl groups is 1. The van der Waals surface area contributed by atoms with E-state index in [4.69, 9.17) is 20.4 Å². The summed E-state index contributed by atoms with van der Waals surface area (Å²) in [5.41, 5.74) is 0.853. The van der Waals surface area contributed by atoms with Crippen LogP contribution in [0.5, 0.6) is 0 Å². The van der Waals surface area contributed by atoms with Crippen LogP contribution in [0.2, 0.25) is 5.02 Å². The second-order valence-corrected chi connectivity index (χ2v) is 8.31. The van der Waals surface area contributed by atoms with Gasteiger partial charge in [0.2, 0.25) is 5.78 Å². The third-order valence-corrected chi connectivity index (χ3v) is 5.82. The Morgan fingerprint density at radius 3 is 2.58 bits per heavy atom. The smallest absolute Gasteiger partial charge is 0.294 e. The number of furan rings is 2. The highest BCUT2D eigenvalue weighted by Gasteiger charge is 2.46. The minimum Gasteiger partial charge on any atom is -0.503 e. The molecule has 0 bridgehead atoms. The van der Waals surface area contributed by atoms with Gasteiger partial charge in [0.05, 0.1) is 11.8 Å². The van der Waals surface area contributed by atoms with Gasteiger partial charge in [-0.2, -0.15) is 0 Å². The van der Waals surface area contributed by atoms with Crippen LogP contribution in [0.3, 0.4) is 0 Å². The number of fused-ring (bicyclic) bond motifs is 1. The quantitative estimate of drug-likeness (QED) is 0.337. The first-order chi connectivity index (χ1) is 14.9. The highest BCUT2D eigenvalue weighted by Crippen LogP contribution is 2.42. The third-order valence-electron chi connectivity index (χ3n) is 5.07. The molecule has 31 heavy (non-hydrogen) atoms. The monoisotopic (exact) mass is 497 g/mol. The van der Waals surface area contributed by atoms with Gasteiger partial charge in [0, 0.05) is 20.6 Å². The molecule has 0 fully saturated rings. The summed E-state index contributed by atoms with van der Waals surface area (Å²) in [4.78, 5) is 27.7. The van der Waals surface area contributed by atoms with E-state index < -0.39 is 23.5 Å². The van der Waals surface area contributed by atoms with Gasteiger partial charge in [-0.05, 0) is 60.7 Å². The summed E-state index contributed by atoms with van der Waals surface area (Å²) in [6, 6.07) is 15.8. The number of benzene rings is 2. The van der Waals surface area contributed by atoms with Crippen molar-refractivity contribution in [2.45, 2.75) is 6.04 Å². The van der Waals surface area contributed by atoms with Gasteiger partial charge in [-0.25, -0.2) is 0 Å². The van der Waals surface area contributed by atoms with E-state index in [0.29, 0.717) is 27.4 Å². The normalized spacial score (nSPS) is 16.5. The van der Waals surface area contributed by atoms with E-state index in [1.54, 1.807) is 54.6 Å². The zero-order valence-electron chi connectivity index (χ0n) is 15.7. The first kappa shape index (κ1) is 19.7. The molecule has 1 atom stereocenters. The van der Waals surface area contributed by atoms with Gasteiger partial charge < -0.3 is 13.9 Å². The Bertz CT molecular complexity index is 1350. The molecule has 1 unspecified atom stereocenters. The van der Waals surface area contributed by atoms with Crippen molar-refractivity contribution < 1.29 is 23.5 Å². The fraction of sp³-hybridized carbons (Fsp3) is 0.0435. The van der Waals surface area contributed by atoms with Gasteiger partial charge in [-0.15, -0.1) is 0 Å². The van der Waals surface area contributed by atoms with Crippen LogP contribution in [0, 0.1) is 0 Å². The average Bonchev–Trinajstić information content (AvgIpc) is 3.47. The van der Waals surface area contributed by atoms with Crippen molar-refractivity contribution in [2.75, 3.05) is 4.90 Å². The van der Waals surface area contributed by atoms with Crippen molar-refractivity contribution in [2.24, 2.45) is 0 Å². The Labute approximate surface area is 189 Å². The maximum absolute atomic E-state index is 13.4. The molecule has 2 aromatic heterocycles. The molecule has 0 saturated heterocycles. The largest absolute Gasteiger partial charge is 0.503 e. The molecule has 2 aromatic carbocycles. The summed E-state index contributed by atoms with van der Waals surface area (Å²) in [5, 5.41) is 11.9. The molecule has 0 aliphatic carbocycles. The number of nitrogens with zero attached hydrogens (tertiary/aromatic N) is 1. The lowest BCUT2D eigenvalue weighted by atomic mass is 9.99. The first-order valence-corrected chi connectivity index (χ1v) is 10.4. The first-order valence-electron chi connectivity index (χ1n) is 9.23. The highest BCUT2D eigenvalue weighted by molar-refractivity contribution is 9.10. The lowest BCUT2D eigenvalue weighted by Gasteiger charge is -2.24. The Balaban J connectivity index is 1.63. The second-order valence-electron chi connectivity index (χ2n) is 6.95. The fourth-order valence-electron chi connectivity index (χ4n) is 3.68. The van der Waals surface area contributed by atoms with Crippen LogP contribution in [0.1, 0.15) is 22.4 Å². The van der Waals surface area contributed by atoms with Gasteiger partial charge in [0.1, 0.15) is 17.4 Å². The number of Topliss-reactive ketones (excluding diaryl/α,β-unsaturated/α-hetero) is 1. The topological polar surface area (TPSA) is 83.9 Å². The number of carbonyl (C=O) groups is 2. The van der Waals surface area contributed by atoms with E-state index in [2.05, 4.69) is 15.9 Å². The van der Waals surface area contributed by atoms with E-state index in [9.17, 15) is 14.7 Å². The van der Waals surface area contributed by atoms with Crippen LogP contribution in [0.25, 0.3) is 11.0 Å². The molecule has 8 heteroatoms. The van der Waals surface area contributed by atoms with E-state index in [1.165, 1.54) is 11.2 Å². The van der Waals surface area contributed by atoms with Crippen LogP contribution < -0.4 is 4.90 Å². The maximum atomic E-state index is 13.4. The summed E-state index contributed by atoms with van der Waals surface area (Å²) < 4.78 is 12.1. The SMILES string of the molecule is O=C(C1=C(O)C(=O)N(c2ccc(Cl)cc2)C1c1ccco1)c1cc2cc(Br)ccc2o1. The van der Waals surface area contributed by atoms with Crippen molar-refractivity contribution in [1.29, 1.82) is 0 Å². The summed E-state index contributed by atoms with van der Waals surface area (Å²) in [7, 11) is 0. The molecule has 4 aromatic rings. The molecule has 1 aliphatic heterocycles. The average molecular weight is 499 g/mol. The highest BCUT2D eigenvalue weighted by atomic mass is 79.9. The van der Waals surface area contributed by atoms with Gasteiger partial charge in [-0.1, -0.05) is 27.5 Å². The molecule has 6 nitrogen and oxygen atoms in total. The molecule has 1 N–H and O–H groups in total. The predicted molar refractivity (Wildman–Crippen MR) is 118 cm³/mol. The van der Waals surface area contributed by atoms with Crippen molar-refractivity contribution >= 4 is 55.9 Å². The summed E-state index contributed by atoms with van der Waals surface area (Å²) in [6.45, 7) is 0. The number of aliphatic hydroxyl groups excluding tert-OH is 1. The second kappa shape index (κ2) is 7.44. The number of halogens is 2. The Morgan fingerprint density at radius 2 is 1.87 bits per heavy atom. The van der Waals surface area contributed by atoms with Gasteiger partial charge in [-0.3, -0.25) is 14.5 Å². The van der Waals surface area contributed by atoms with Crippen molar-refractivity contribution in [1.82, 2.24) is 0 Å². The van der Waals surface area contributed by atoms with Crippen molar-refractivity contribution in [3.63, 3.8) is 0 Å². The lowest BCUT2D eigenvalue weighted by molar-refractivity contribution is -0.117. The fourth-order valence-corrected chi connectivity index (χ4v) is 4.18. The van der Waals surface area contributed by atoms with Gasteiger partial charge in [0.15, 0.2) is 11.5 Å². The number of carbonyl (C=O) groups excluding carboxylic acids is 2. The Morgan fingerprint density at radius 1 is 1.10 bits per heavy atom. The Kier molecular flexibility index (Phi) is 4.72. The van der Waals surface area contributed by atoms with Crippen LogP contribution in [0.4, 0.5) is 5.69 Å². The van der Waals surface area contributed by atoms with E-state index in [1.807, 2.05) is 6.07 Å². The molecule has 3 heterocycles. The maximum Gasteiger partial charge on any atom is 0.294 e. The molecule has 5 rings (SSSR count). The van der Waals surface area contributed by atoms with Crippen LogP contribution in [-0.2, 0) is 4.79 Å². The molecule has 0 spiro atoms. The zero-order valence-corrected chi connectivity index (χ0v) is 18.1. The lowest BCUT2D eigenvalue weighted by Crippen LogP contribution is -2.30. The van der Waals surface area contributed by atoms with E-state index in [0.717, 1.165) is 4.47 Å². The number of hydrogen-bond donors (Lipinski definition) is 1. The molecule has 1 aliphatic rings. The third kappa shape index (κ3) is 3.26. The zero-order chi connectivity index (χ0) is 21.7. The standard InChI is InChI=1S/C23H13BrClNO5/c24-13-3-8-16-12(10-13)11-18(31-16)21(27)19-20(17-2-1-9-30-17)26(23(29)22(19)28)15-6-4-14(25)5-7-15/h1-11,20,28H. The number of anilines is 1. The number of amides is 1. The molecular formula is C23H13BrClNO5. The van der Waals surface area contributed by atoms with Crippen molar-refractivity contribution in [3.05, 3.63) is 99.3 Å². The predicted octanol–water partition coefficient (Wildman–Crippen LogP) is 6.22. The number of hydrogen-bond acceptors (Lipinski definition) is 5. The van der Waals surface area contributed by atoms with Crippen LogP contribution in [-0.4, -0.2) is 16.8 Å². The van der Waals surface area contributed by atoms with E-state index >= 15 is 0 Å². The summed E-state index contributed by atoms with van der Waals surface area (Å²) in [5.74, 6) is -1.63. The molecule has 1 amide bonds. The van der Waals surface area contributed by atoms with Gasteiger partial charge in [0.25, 0.3) is 5.91 Å². The van der Waals surface area contributed by atoms with Crippen molar-refractivity contribution in [3.8, 4) is 0 Å². The van der Waals surface area contributed by atoms with Crippen LogP contribution in [0.15, 0.2) is 91.6 Å². The molecule has 0 saturated carbocycles. The van der Waals surface area contributed by atoms with Gasteiger partial charge >= 0.3 is 0 Å². The number of rotatable bonds is 4. The summed E-state index contributed by atoms with van der Waals surface area (Å²) in [6.07, 6.45) is 1.44. The minimum atomic E-state index is -0.962. The molecule has 154 valence electrons. The Hall–Kier alpha value is -3.29. The molecular weight excluding hydrogens is 486 g/mol. The molecule has 0 radical (unpaired) electrons. The van der Waals surface area contributed by atoms with E-state index in [-0.39, 0.29) is 11.3 Å². The van der Waals surface area contributed by atoms with Crippen LogP contribution >= 0.6 is 27.5 Å². The summed E-state index contributed by atoms with van der Waals surface area (Å²) >= 11 is 9.36. The minimum absolute atomic E-state index is 0.0111. The number of ketones is 1.